The molecule has 0 saturated carbocycles. The maximum Gasteiger partial charge on any atom is 0.310 e. The van der Waals surface area contributed by atoms with Crippen LogP contribution in [0.15, 0.2) is 24.3 Å². The summed E-state index contributed by atoms with van der Waals surface area (Å²) < 4.78 is 6.96. The van der Waals surface area contributed by atoms with Crippen molar-refractivity contribution in [2.75, 3.05) is 19.7 Å². The Morgan fingerprint density at radius 1 is 1.26 bits per heavy atom. The third kappa shape index (κ3) is 3.89. The molecule has 0 radical (unpaired) electrons. The summed E-state index contributed by atoms with van der Waals surface area (Å²) in [5, 5.41) is 4.60. The van der Waals surface area contributed by atoms with E-state index in [1.54, 1.807) is 11.8 Å². The number of aryl methyl sites for hydroxylation is 2. The molecule has 2 aromatic rings. The third-order valence-corrected chi connectivity index (χ3v) is 5.08. The average Bonchev–Trinajstić information content (AvgIpc) is 2.96. The molecule has 1 aliphatic heterocycles. The van der Waals surface area contributed by atoms with Crippen LogP contribution in [0.25, 0.3) is 5.69 Å². The molecule has 0 bridgehead atoms. The highest BCUT2D eigenvalue weighted by Gasteiger charge is 2.32. The SMILES string of the molecule is CCOC(=O)C1CCCN(C(=O)c2c(C)nn(-c3cccc(C)c3)c2C)C1. The normalized spacial score (nSPS) is 17.0. The van der Waals surface area contributed by atoms with Gasteiger partial charge in [-0.15, -0.1) is 0 Å². The number of likely N-dealkylation sites (tertiary alicyclic amines) is 1. The Hall–Kier alpha value is -2.63. The second kappa shape index (κ2) is 7.94. The van der Waals surface area contributed by atoms with Crippen LogP contribution >= 0.6 is 0 Å². The van der Waals surface area contributed by atoms with Crippen molar-refractivity contribution in [2.45, 2.75) is 40.5 Å². The van der Waals surface area contributed by atoms with Gasteiger partial charge in [0.05, 0.1) is 35.2 Å². The number of carbonyl (C=O) groups is 2. The van der Waals surface area contributed by atoms with E-state index >= 15 is 0 Å². The predicted octanol–water partition coefficient (Wildman–Crippen LogP) is 3.21. The number of nitrogens with zero attached hydrogens (tertiary/aromatic N) is 3. The lowest BCUT2D eigenvalue weighted by Gasteiger charge is -2.31. The quantitative estimate of drug-likeness (QED) is 0.776. The van der Waals surface area contributed by atoms with E-state index in [-0.39, 0.29) is 17.8 Å². The lowest BCUT2D eigenvalue weighted by molar-refractivity contribution is -0.149. The Balaban J connectivity index is 1.86. The zero-order chi connectivity index (χ0) is 19.6. The van der Waals surface area contributed by atoms with Crippen LogP contribution in [0.1, 0.15) is 47.1 Å². The molecule has 2 heterocycles. The summed E-state index contributed by atoms with van der Waals surface area (Å²) in [7, 11) is 0. The van der Waals surface area contributed by atoms with Gasteiger partial charge in [-0.25, -0.2) is 4.68 Å². The summed E-state index contributed by atoms with van der Waals surface area (Å²) >= 11 is 0. The largest absolute Gasteiger partial charge is 0.466 e. The van der Waals surface area contributed by atoms with E-state index in [2.05, 4.69) is 5.10 Å². The topological polar surface area (TPSA) is 64.4 Å². The van der Waals surface area contributed by atoms with Crippen LogP contribution in [0, 0.1) is 26.7 Å². The van der Waals surface area contributed by atoms with Crippen molar-refractivity contribution in [3.05, 3.63) is 46.8 Å². The summed E-state index contributed by atoms with van der Waals surface area (Å²) in [6, 6.07) is 8.05. The number of hydrogen-bond donors (Lipinski definition) is 0. The smallest absolute Gasteiger partial charge is 0.310 e. The number of benzene rings is 1. The number of hydrogen-bond acceptors (Lipinski definition) is 4. The first kappa shape index (κ1) is 19.1. The Morgan fingerprint density at radius 3 is 2.74 bits per heavy atom. The maximum atomic E-state index is 13.2. The first-order chi connectivity index (χ1) is 12.9. The molecule has 6 heteroatoms. The Morgan fingerprint density at radius 2 is 2.04 bits per heavy atom. The highest BCUT2D eigenvalue weighted by molar-refractivity contribution is 5.97. The number of carbonyl (C=O) groups excluding carboxylic acids is 2. The maximum absolute atomic E-state index is 13.2. The van der Waals surface area contributed by atoms with E-state index in [0.717, 1.165) is 29.8 Å². The summed E-state index contributed by atoms with van der Waals surface area (Å²) in [6.45, 7) is 9.04. The lowest BCUT2D eigenvalue weighted by atomic mass is 9.97. The van der Waals surface area contributed by atoms with E-state index in [0.29, 0.717) is 31.0 Å². The Kier molecular flexibility index (Phi) is 5.63. The van der Waals surface area contributed by atoms with Gasteiger partial charge in [-0.05, 0) is 58.2 Å². The number of rotatable bonds is 4. The van der Waals surface area contributed by atoms with Crippen molar-refractivity contribution in [3.8, 4) is 5.69 Å². The van der Waals surface area contributed by atoms with Gasteiger partial charge in [0.2, 0.25) is 0 Å². The molecule has 0 N–H and O–H groups in total. The van der Waals surface area contributed by atoms with Crippen LogP contribution in [0.2, 0.25) is 0 Å². The minimum absolute atomic E-state index is 0.0575. The van der Waals surface area contributed by atoms with Gasteiger partial charge in [-0.1, -0.05) is 12.1 Å². The number of esters is 1. The van der Waals surface area contributed by atoms with Gasteiger partial charge in [-0.2, -0.15) is 5.10 Å². The fourth-order valence-electron chi connectivity index (χ4n) is 3.74. The fourth-order valence-corrected chi connectivity index (χ4v) is 3.74. The van der Waals surface area contributed by atoms with Gasteiger partial charge in [0.15, 0.2) is 0 Å². The van der Waals surface area contributed by atoms with Crippen LogP contribution in [0.3, 0.4) is 0 Å². The number of amides is 1. The van der Waals surface area contributed by atoms with Gasteiger partial charge in [0.1, 0.15) is 0 Å². The number of aromatic nitrogens is 2. The van der Waals surface area contributed by atoms with Crippen LogP contribution < -0.4 is 0 Å². The number of piperidine rings is 1. The molecular formula is C21H27N3O3. The minimum atomic E-state index is -0.241. The Bertz CT molecular complexity index is 856. The van der Waals surface area contributed by atoms with Crippen molar-refractivity contribution < 1.29 is 14.3 Å². The molecule has 0 aliphatic carbocycles. The molecule has 1 atom stereocenters. The van der Waals surface area contributed by atoms with E-state index in [1.165, 1.54) is 0 Å². The van der Waals surface area contributed by atoms with Gasteiger partial charge in [0, 0.05) is 13.1 Å². The van der Waals surface area contributed by atoms with Crippen molar-refractivity contribution in [3.63, 3.8) is 0 Å². The molecule has 144 valence electrons. The summed E-state index contributed by atoms with van der Waals surface area (Å²) in [6.07, 6.45) is 1.57. The first-order valence-corrected chi connectivity index (χ1v) is 9.51. The Labute approximate surface area is 160 Å². The molecule has 1 aromatic carbocycles. The molecule has 1 fully saturated rings. The van der Waals surface area contributed by atoms with Gasteiger partial charge in [-0.3, -0.25) is 9.59 Å². The second-order valence-corrected chi connectivity index (χ2v) is 7.14. The van der Waals surface area contributed by atoms with Crippen molar-refractivity contribution in [1.29, 1.82) is 0 Å². The van der Waals surface area contributed by atoms with Crippen LogP contribution in [-0.2, 0) is 9.53 Å². The third-order valence-electron chi connectivity index (χ3n) is 5.08. The molecule has 0 spiro atoms. The molecule has 1 unspecified atom stereocenters. The van der Waals surface area contributed by atoms with Crippen molar-refractivity contribution >= 4 is 11.9 Å². The molecule has 3 rings (SSSR count). The second-order valence-electron chi connectivity index (χ2n) is 7.14. The number of ether oxygens (including phenoxy) is 1. The predicted molar refractivity (Wildman–Crippen MR) is 103 cm³/mol. The molecule has 6 nitrogen and oxygen atoms in total. The average molecular weight is 369 g/mol. The van der Waals surface area contributed by atoms with E-state index in [9.17, 15) is 9.59 Å². The fraction of sp³-hybridized carbons (Fsp3) is 0.476. The van der Waals surface area contributed by atoms with Crippen molar-refractivity contribution in [2.24, 2.45) is 5.92 Å². The standard InChI is InChI=1S/C21H27N3O3/c1-5-27-21(26)17-9-7-11-23(13-17)20(25)19-15(3)22-24(16(19)4)18-10-6-8-14(2)12-18/h6,8,10,12,17H,5,7,9,11,13H2,1-4H3. The minimum Gasteiger partial charge on any atom is -0.466 e. The summed E-state index contributed by atoms with van der Waals surface area (Å²) in [5.74, 6) is -0.508. The van der Waals surface area contributed by atoms with Crippen molar-refractivity contribution in [1.82, 2.24) is 14.7 Å². The molecular weight excluding hydrogens is 342 g/mol. The first-order valence-electron chi connectivity index (χ1n) is 9.51. The van der Waals surface area contributed by atoms with E-state index in [4.69, 9.17) is 4.74 Å². The zero-order valence-corrected chi connectivity index (χ0v) is 16.5. The summed E-state index contributed by atoms with van der Waals surface area (Å²) in [4.78, 5) is 27.0. The van der Waals surface area contributed by atoms with E-state index in [1.807, 2.05) is 49.7 Å². The van der Waals surface area contributed by atoms with Gasteiger partial charge < -0.3 is 9.64 Å². The molecule has 1 saturated heterocycles. The molecule has 1 aliphatic rings. The van der Waals surface area contributed by atoms with Crippen LogP contribution in [0.5, 0.6) is 0 Å². The summed E-state index contributed by atoms with van der Waals surface area (Å²) in [5.41, 5.74) is 4.23. The zero-order valence-electron chi connectivity index (χ0n) is 16.5. The highest BCUT2D eigenvalue weighted by Crippen LogP contribution is 2.24. The highest BCUT2D eigenvalue weighted by atomic mass is 16.5. The van der Waals surface area contributed by atoms with Crippen LogP contribution in [-0.4, -0.2) is 46.3 Å². The lowest BCUT2D eigenvalue weighted by Crippen LogP contribution is -2.43. The monoisotopic (exact) mass is 369 g/mol. The van der Waals surface area contributed by atoms with Gasteiger partial charge >= 0.3 is 5.97 Å². The molecule has 1 aromatic heterocycles. The molecule has 27 heavy (non-hydrogen) atoms. The van der Waals surface area contributed by atoms with E-state index < -0.39 is 0 Å². The van der Waals surface area contributed by atoms with Gasteiger partial charge in [0.25, 0.3) is 5.91 Å². The molecule has 1 amide bonds. The van der Waals surface area contributed by atoms with Crippen LogP contribution in [0.4, 0.5) is 0 Å².